The molecule has 0 saturated carbocycles. The van der Waals surface area contributed by atoms with Crippen molar-refractivity contribution in [3.63, 3.8) is 0 Å². The van der Waals surface area contributed by atoms with E-state index < -0.39 is 0 Å². The number of rotatable bonds is 5. The Morgan fingerprint density at radius 3 is 2.87 bits per heavy atom. The Morgan fingerprint density at radius 2 is 2.20 bits per heavy atom. The zero-order valence-corrected chi connectivity index (χ0v) is 10.5. The lowest BCUT2D eigenvalue weighted by Gasteiger charge is -2.16. The SMILES string of the molecule is CN(CCCN)Cc1cc(Br)ccc1O. The first-order valence-electron chi connectivity index (χ1n) is 4.99. The van der Waals surface area contributed by atoms with Gasteiger partial charge in [0.15, 0.2) is 0 Å². The number of nitrogens with two attached hydrogens (primary N) is 1. The molecule has 0 aliphatic rings. The maximum absolute atomic E-state index is 9.64. The predicted octanol–water partition coefficient (Wildman–Crippen LogP) is 1.94. The molecule has 15 heavy (non-hydrogen) atoms. The summed E-state index contributed by atoms with van der Waals surface area (Å²) in [5.74, 6) is 0.345. The van der Waals surface area contributed by atoms with Crippen LogP contribution in [0.15, 0.2) is 22.7 Å². The Kier molecular flexibility index (Phi) is 5.08. The second kappa shape index (κ2) is 6.10. The number of halogens is 1. The molecule has 0 aliphatic carbocycles. The molecule has 0 amide bonds. The highest BCUT2D eigenvalue weighted by atomic mass is 79.9. The van der Waals surface area contributed by atoms with Gasteiger partial charge < -0.3 is 15.7 Å². The summed E-state index contributed by atoms with van der Waals surface area (Å²) < 4.78 is 0.988. The first-order chi connectivity index (χ1) is 7.13. The number of phenolic OH excluding ortho intramolecular Hbond substituents is 1. The topological polar surface area (TPSA) is 49.5 Å². The summed E-state index contributed by atoms with van der Waals surface area (Å²) in [6.45, 7) is 2.39. The molecular weight excluding hydrogens is 256 g/mol. The minimum atomic E-state index is 0.345. The Labute approximate surface area is 99.0 Å². The lowest BCUT2D eigenvalue weighted by molar-refractivity contribution is 0.317. The van der Waals surface area contributed by atoms with Crippen molar-refractivity contribution in [1.29, 1.82) is 0 Å². The third kappa shape index (κ3) is 4.20. The van der Waals surface area contributed by atoms with Crippen molar-refractivity contribution >= 4 is 15.9 Å². The van der Waals surface area contributed by atoms with Crippen molar-refractivity contribution in [3.8, 4) is 5.75 Å². The fraction of sp³-hybridized carbons (Fsp3) is 0.455. The molecule has 0 saturated heterocycles. The van der Waals surface area contributed by atoms with Crippen molar-refractivity contribution in [2.75, 3.05) is 20.1 Å². The van der Waals surface area contributed by atoms with Gasteiger partial charge in [-0.05, 0) is 44.8 Å². The predicted molar refractivity (Wildman–Crippen MR) is 65.8 cm³/mol. The lowest BCUT2D eigenvalue weighted by atomic mass is 10.2. The van der Waals surface area contributed by atoms with Crippen molar-refractivity contribution in [2.24, 2.45) is 5.73 Å². The summed E-state index contributed by atoms with van der Waals surface area (Å²) >= 11 is 3.39. The van der Waals surface area contributed by atoms with E-state index in [2.05, 4.69) is 20.8 Å². The van der Waals surface area contributed by atoms with Crippen LogP contribution in [0.25, 0.3) is 0 Å². The Hall–Kier alpha value is -0.580. The van der Waals surface area contributed by atoms with E-state index in [0.29, 0.717) is 12.3 Å². The third-order valence-corrected chi connectivity index (χ3v) is 2.72. The van der Waals surface area contributed by atoms with Crippen molar-refractivity contribution in [3.05, 3.63) is 28.2 Å². The standard InChI is InChI=1S/C11H17BrN2O/c1-14(6-2-5-13)8-9-7-10(12)3-4-11(9)15/h3-4,7,15H,2,5-6,8,13H2,1H3. The van der Waals surface area contributed by atoms with Crippen LogP contribution in [0.3, 0.4) is 0 Å². The lowest BCUT2D eigenvalue weighted by Crippen LogP contribution is -2.21. The molecule has 0 heterocycles. The van der Waals surface area contributed by atoms with Gasteiger partial charge in [-0.15, -0.1) is 0 Å². The molecule has 0 aromatic heterocycles. The summed E-state index contributed by atoms with van der Waals surface area (Å²) in [6, 6.07) is 5.48. The second-order valence-electron chi connectivity index (χ2n) is 3.65. The maximum atomic E-state index is 9.64. The van der Waals surface area contributed by atoms with Crippen LogP contribution in [0.5, 0.6) is 5.75 Å². The number of nitrogens with zero attached hydrogens (tertiary/aromatic N) is 1. The third-order valence-electron chi connectivity index (χ3n) is 2.23. The number of aromatic hydroxyl groups is 1. The first kappa shape index (κ1) is 12.5. The smallest absolute Gasteiger partial charge is 0.120 e. The number of hydrogen-bond acceptors (Lipinski definition) is 3. The molecule has 1 rings (SSSR count). The highest BCUT2D eigenvalue weighted by Gasteiger charge is 2.05. The van der Waals surface area contributed by atoms with Crippen LogP contribution in [0.1, 0.15) is 12.0 Å². The molecular formula is C11H17BrN2O. The zero-order chi connectivity index (χ0) is 11.3. The Balaban J connectivity index is 2.59. The van der Waals surface area contributed by atoms with Crippen LogP contribution in [-0.4, -0.2) is 30.1 Å². The van der Waals surface area contributed by atoms with E-state index in [9.17, 15) is 5.11 Å². The second-order valence-corrected chi connectivity index (χ2v) is 4.57. The van der Waals surface area contributed by atoms with Crippen LogP contribution in [0.2, 0.25) is 0 Å². The van der Waals surface area contributed by atoms with Crippen molar-refractivity contribution in [1.82, 2.24) is 4.90 Å². The summed E-state index contributed by atoms with van der Waals surface area (Å²) in [7, 11) is 2.02. The van der Waals surface area contributed by atoms with Gasteiger partial charge in [0.25, 0.3) is 0 Å². The average Bonchev–Trinajstić information content (AvgIpc) is 2.20. The van der Waals surface area contributed by atoms with Gasteiger partial charge in [-0.3, -0.25) is 0 Å². The number of hydrogen-bond donors (Lipinski definition) is 2. The molecule has 84 valence electrons. The molecule has 4 heteroatoms. The van der Waals surface area contributed by atoms with Crippen molar-refractivity contribution in [2.45, 2.75) is 13.0 Å². The average molecular weight is 273 g/mol. The van der Waals surface area contributed by atoms with Crippen molar-refractivity contribution < 1.29 is 5.11 Å². The molecule has 0 atom stereocenters. The molecule has 0 fully saturated rings. The maximum Gasteiger partial charge on any atom is 0.120 e. The van der Waals surface area contributed by atoms with Crippen LogP contribution >= 0.6 is 15.9 Å². The quantitative estimate of drug-likeness (QED) is 0.862. The molecule has 3 N–H and O–H groups in total. The fourth-order valence-electron chi connectivity index (χ4n) is 1.41. The van der Waals surface area contributed by atoms with Gasteiger partial charge in [0, 0.05) is 16.6 Å². The Morgan fingerprint density at radius 1 is 1.47 bits per heavy atom. The van der Waals surface area contributed by atoms with Gasteiger partial charge in [0.05, 0.1) is 0 Å². The fourth-order valence-corrected chi connectivity index (χ4v) is 1.82. The van der Waals surface area contributed by atoms with Gasteiger partial charge in [-0.2, -0.15) is 0 Å². The monoisotopic (exact) mass is 272 g/mol. The normalized spacial score (nSPS) is 10.9. The molecule has 0 unspecified atom stereocenters. The van der Waals surface area contributed by atoms with Gasteiger partial charge in [0.1, 0.15) is 5.75 Å². The molecule has 0 bridgehead atoms. The molecule has 0 aliphatic heterocycles. The molecule has 1 aromatic carbocycles. The largest absolute Gasteiger partial charge is 0.508 e. The van der Waals surface area contributed by atoms with Gasteiger partial charge >= 0.3 is 0 Å². The summed E-state index contributed by atoms with van der Waals surface area (Å²) in [5.41, 5.74) is 6.37. The van der Waals surface area contributed by atoms with E-state index in [4.69, 9.17) is 5.73 Å². The van der Waals surface area contributed by atoms with E-state index in [1.54, 1.807) is 6.07 Å². The van der Waals surface area contributed by atoms with Crippen LogP contribution in [0.4, 0.5) is 0 Å². The summed E-state index contributed by atoms with van der Waals surface area (Å²) in [5, 5.41) is 9.64. The van der Waals surface area contributed by atoms with Gasteiger partial charge in [-0.25, -0.2) is 0 Å². The van der Waals surface area contributed by atoms with E-state index in [0.717, 1.165) is 29.5 Å². The highest BCUT2D eigenvalue weighted by Crippen LogP contribution is 2.22. The van der Waals surface area contributed by atoms with E-state index in [1.165, 1.54) is 0 Å². The minimum absolute atomic E-state index is 0.345. The molecule has 1 aromatic rings. The number of benzene rings is 1. The Bertz CT molecular complexity index is 317. The van der Waals surface area contributed by atoms with Gasteiger partial charge in [-0.1, -0.05) is 15.9 Å². The first-order valence-corrected chi connectivity index (χ1v) is 5.79. The van der Waals surface area contributed by atoms with E-state index >= 15 is 0 Å². The number of phenols is 1. The van der Waals surface area contributed by atoms with E-state index in [-0.39, 0.29) is 0 Å². The zero-order valence-electron chi connectivity index (χ0n) is 8.91. The van der Waals surface area contributed by atoms with Gasteiger partial charge in [0.2, 0.25) is 0 Å². The highest BCUT2D eigenvalue weighted by molar-refractivity contribution is 9.10. The molecule has 0 spiro atoms. The van der Waals surface area contributed by atoms with Crippen LogP contribution in [0, 0.1) is 0 Å². The van der Waals surface area contributed by atoms with E-state index in [1.807, 2.05) is 19.2 Å². The molecule has 3 nitrogen and oxygen atoms in total. The summed E-state index contributed by atoms with van der Waals surface area (Å²) in [6.07, 6.45) is 0.977. The summed E-state index contributed by atoms with van der Waals surface area (Å²) in [4.78, 5) is 2.15. The van der Waals surface area contributed by atoms with Crippen LogP contribution in [-0.2, 0) is 6.54 Å². The molecule has 0 radical (unpaired) electrons. The van der Waals surface area contributed by atoms with Crippen LogP contribution < -0.4 is 5.73 Å². The minimum Gasteiger partial charge on any atom is -0.508 e.